The second-order valence-corrected chi connectivity index (χ2v) is 8.82. The van der Waals surface area contributed by atoms with Gasteiger partial charge in [-0.25, -0.2) is 9.97 Å². The third-order valence-electron chi connectivity index (χ3n) is 4.61. The van der Waals surface area contributed by atoms with E-state index in [0.717, 1.165) is 22.2 Å². The fraction of sp³-hybridized carbons (Fsp3) is 0.238. The van der Waals surface area contributed by atoms with E-state index in [0.29, 0.717) is 6.04 Å². The first-order valence-corrected chi connectivity index (χ1v) is 10.7. The lowest BCUT2D eigenvalue weighted by Crippen LogP contribution is -2.04. The second-order valence-electron chi connectivity index (χ2n) is 6.82. The Labute approximate surface area is 160 Å². The van der Waals surface area contributed by atoms with E-state index in [1.807, 2.05) is 0 Å². The van der Waals surface area contributed by atoms with Crippen LogP contribution in [0.15, 0.2) is 53.7 Å². The molecule has 0 unspecified atom stereocenters. The molecule has 2 aromatic carbocycles. The van der Waals surface area contributed by atoms with E-state index in [4.69, 9.17) is 9.97 Å². The summed E-state index contributed by atoms with van der Waals surface area (Å²) in [5.74, 6) is 1.89. The molecular formula is C21H19N3S2. The van der Waals surface area contributed by atoms with E-state index in [2.05, 4.69) is 60.8 Å². The molecule has 1 aliphatic rings. The van der Waals surface area contributed by atoms with Crippen LogP contribution in [0, 0.1) is 6.92 Å². The molecule has 2 aromatic heterocycles. The van der Waals surface area contributed by atoms with Gasteiger partial charge in [0.1, 0.15) is 5.82 Å². The molecule has 3 nitrogen and oxygen atoms in total. The highest BCUT2D eigenvalue weighted by Crippen LogP contribution is 2.39. The number of anilines is 1. The number of fused-ring (bicyclic) bond motifs is 3. The normalized spacial score (nSPS) is 14.2. The van der Waals surface area contributed by atoms with Crippen LogP contribution in [-0.2, 0) is 5.75 Å². The minimum Gasteiger partial charge on any atom is -0.366 e. The van der Waals surface area contributed by atoms with Gasteiger partial charge in [0.25, 0.3) is 0 Å². The Balaban J connectivity index is 1.53. The molecule has 1 fully saturated rings. The Morgan fingerprint density at radius 3 is 2.69 bits per heavy atom. The average molecular weight is 378 g/mol. The second kappa shape index (κ2) is 6.56. The van der Waals surface area contributed by atoms with Crippen LogP contribution in [-0.4, -0.2) is 16.0 Å². The third kappa shape index (κ3) is 3.17. The van der Waals surface area contributed by atoms with Gasteiger partial charge in [-0.2, -0.15) is 0 Å². The highest BCUT2D eigenvalue weighted by atomic mass is 32.2. The molecule has 0 amide bonds. The summed E-state index contributed by atoms with van der Waals surface area (Å²) in [4.78, 5) is 9.77. The summed E-state index contributed by atoms with van der Waals surface area (Å²) in [6, 6.07) is 17.8. The van der Waals surface area contributed by atoms with Crippen LogP contribution in [0.25, 0.3) is 20.3 Å². The van der Waals surface area contributed by atoms with E-state index >= 15 is 0 Å². The van der Waals surface area contributed by atoms with Crippen LogP contribution in [0.5, 0.6) is 0 Å². The Morgan fingerprint density at radius 2 is 1.88 bits per heavy atom. The number of hydrogen-bond acceptors (Lipinski definition) is 5. The van der Waals surface area contributed by atoms with Gasteiger partial charge in [0.15, 0.2) is 5.16 Å². The first-order valence-electron chi connectivity index (χ1n) is 8.90. The van der Waals surface area contributed by atoms with Gasteiger partial charge in [-0.15, -0.1) is 11.3 Å². The van der Waals surface area contributed by atoms with Crippen molar-refractivity contribution in [3.63, 3.8) is 0 Å². The maximum Gasteiger partial charge on any atom is 0.190 e. The number of thiophene rings is 1. The van der Waals surface area contributed by atoms with Crippen LogP contribution < -0.4 is 5.32 Å². The Kier molecular flexibility index (Phi) is 4.06. The van der Waals surface area contributed by atoms with E-state index in [1.54, 1.807) is 23.1 Å². The van der Waals surface area contributed by atoms with Crippen molar-refractivity contribution in [2.45, 2.75) is 36.7 Å². The molecule has 1 N–H and O–H groups in total. The molecule has 5 rings (SSSR count). The molecule has 1 aliphatic carbocycles. The number of hydrogen-bond donors (Lipinski definition) is 1. The van der Waals surface area contributed by atoms with Gasteiger partial charge in [0.2, 0.25) is 0 Å². The number of aromatic nitrogens is 2. The third-order valence-corrected chi connectivity index (χ3v) is 6.69. The first-order chi connectivity index (χ1) is 12.8. The van der Waals surface area contributed by atoms with Crippen molar-refractivity contribution in [2.24, 2.45) is 0 Å². The molecule has 130 valence electrons. The monoisotopic (exact) mass is 377 g/mol. The SMILES string of the molecule is Cc1ccc(CSc2nc(NC3CC3)c3sc4ccccc4c3n2)cc1. The molecule has 0 spiro atoms. The molecule has 0 aliphatic heterocycles. The zero-order chi connectivity index (χ0) is 17.5. The molecule has 0 saturated heterocycles. The predicted molar refractivity (Wildman–Crippen MR) is 112 cm³/mol. The van der Waals surface area contributed by atoms with Gasteiger partial charge in [-0.05, 0) is 31.4 Å². The van der Waals surface area contributed by atoms with Crippen molar-refractivity contribution in [1.82, 2.24) is 9.97 Å². The number of nitrogens with one attached hydrogen (secondary N) is 1. The molecule has 2 heterocycles. The molecule has 0 atom stereocenters. The molecule has 0 bridgehead atoms. The topological polar surface area (TPSA) is 37.8 Å². The minimum atomic E-state index is 0.577. The van der Waals surface area contributed by atoms with Crippen LogP contribution in [0.2, 0.25) is 0 Å². The van der Waals surface area contributed by atoms with Gasteiger partial charge in [-0.1, -0.05) is 59.8 Å². The summed E-state index contributed by atoms with van der Waals surface area (Å²) < 4.78 is 2.45. The maximum atomic E-state index is 4.91. The van der Waals surface area contributed by atoms with Gasteiger partial charge in [0, 0.05) is 21.9 Å². The zero-order valence-corrected chi connectivity index (χ0v) is 16.2. The highest BCUT2D eigenvalue weighted by molar-refractivity contribution is 7.98. The van der Waals surface area contributed by atoms with Gasteiger partial charge < -0.3 is 5.32 Å². The number of nitrogens with zero attached hydrogens (tertiary/aromatic N) is 2. The smallest absolute Gasteiger partial charge is 0.190 e. The number of rotatable bonds is 5. The Bertz CT molecular complexity index is 1080. The fourth-order valence-corrected chi connectivity index (χ4v) is 4.88. The van der Waals surface area contributed by atoms with Crippen molar-refractivity contribution in [1.29, 1.82) is 0 Å². The lowest BCUT2D eigenvalue weighted by molar-refractivity contribution is 0.988. The summed E-state index contributed by atoms with van der Waals surface area (Å²) in [6.07, 6.45) is 2.48. The number of thioether (sulfide) groups is 1. The maximum absolute atomic E-state index is 4.91. The van der Waals surface area contributed by atoms with E-state index < -0.39 is 0 Å². The summed E-state index contributed by atoms with van der Waals surface area (Å²) in [5.41, 5.74) is 3.67. The van der Waals surface area contributed by atoms with Crippen molar-refractivity contribution in [3.8, 4) is 0 Å². The van der Waals surface area contributed by atoms with Gasteiger partial charge in [0.05, 0.1) is 10.2 Å². The molecule has 4 aromatic rings. The quantitative estimate of drug-likeness (QED) is 0.341. The largest absolute Gasteiger partial charge is 0.366 e. The molecule has 0 radical (unpaired) electrons. The van der Waals surface area contributed by atoms with E-state index in [1.165, 1.54) is 38.8 Å². The van der Waals surface area contributed by atoms with E-state index in [9.17, 15) is 0 Å². The van der Waals surface area contributed by atoms with Gasteiger partial charge >= 0.3 is 0 Å². The summed E-state index contributed by atoms with van der Waals surface area (Å²) in [5, 5.41) is 5.69. The lowest BCUT2D eigenvalue weighted by Gasteiger charge is -2.08. The van der Waals surface area contributed by atoms with Crippen LogP contribution in [0.1, 0.15) is 24.0 Å². The summed E-state index contributed by atoms with van der Waals surface area (Å²) in [7, 11) is 0. The molecule has 26 heavy (non-hydrogen) atoms. The number of aryl methyl sites for hydroxylation is 1. The fourth-order valence-electron chi connectivity index (χ4n) is 2.99. The van der Waals surface area contributed by atoms with Crippen molar-refractivity contribution in [3.05, 3.63) is 59.7 Å². The minimum absolute atomic E-state index is 0.577. The van der Waals surface area contributed by atoms with Gasteiger partial charge in [-0.3, -0.25) is 0 Å². The Hall–Kier alpha value is -2.11. The predicted octanol–water partition coefficient (Wildman–Crippen LogP) is 6.02. The van der Waals surface area contributed by atoms with Crippen molar-refractivity contribution < 1.29 is 0 Å². The highest BCUT2D eigenvalue weighted by Gasteiger charge is 2.24. The molecule has 1 saturated carbocycles. The van der Waals surface area contributed by atoms with Crippen LogP contribution >= 0.6 is 23.1 Å². The first kappa shape index (κ1) is 16.1. The number of benzene rings is 2. The molecule has 5 heteroatoms. The standard InChI is InChI=1S/C21H19N3S2/c1-13-6-8-14(9-7-13)12-25-21-23-18-16-4-2-3-5-17(16)26-19(18)20(24-21)22-15-10-11-15/h2-9,15H,10-12H2,1H3,(H,22,23,24). The average Bonchev–Trinajstić information content (AvgIpc) is 3.40. The van der Waals surface area contributed by atoms with E-state index in [-0.39, 0.29) is 0 Å². The lowest BCUT2D eigenvalue weighted by atomic mass is 10.2. The summed E-state index contributed by atoms with van der Waals surface area (Å²) in [6.45, 7) is 2.12. The zero-order valence-electron chi connectivity index (χ0n) is 14.5. The summed E-state index contributed by atoms with van der Waals surface area (Å²) >= 11 is 3.50. The van der Waals surface area contributed by atoms with Crippen LogP contribution in [0.3, 0.4) is 0 Å². The van der Waals surface area contributed by atoms with Crippen LogP contribution in [0.4, 0.5) is 5.82 Å². The van der Waals surface area contributed by atoms with Crippen molar-refractivity contribution in [2.75, 3.05) is 5.32 Å². The van der Waals surface area contributed by atoms with Crippen molar-refractivity contribution >= 4 is 49.2 Å². The Morgan fingerprint density at radius 1 is 1.08 bits per heavy atom. The molecular weight excluding hydrogens is 358 g/mol.